The van der Waals surface area contributed by atoms with Crippen LogP contribution in [0.2, 0.25) is 0 Å². The molecule has 0 bridgehead atoms. The second-order valence-corrected chi connectivity index (χ2v) is 13.0. The van der Waals surface area contributed by atoms with Gasteiger partial charge in [0.25, 0.3) is 0 Å². The van der Waals surface area contributed by atoms with Gasteiger partial charge in [-0.1, -0.05) is 45.0 Å². The summed E-state index contributed by atoms with van der Waals surface area (Å²) < 4.78 is 21.1. The molecule has 234 valence electrons. The Balaban J connectivity index is 1.23. The molecule has 4 atom stereocenters. The number of nitrogens with zero attached hydrogens (tertiary/aromatic N) is 5. The van der Waals surface area contributed by atoms with E-state index in [4.69, 9.17) is 25.7 Å². The summed E-state index contributed by atoms with van der Waals surface area (Å²) in [6.45, 7) is 13.6. The molecule has 2 saturated heterocycles. The molecule has 12 heteroatoms. The number of benzene rings is 1. The molecule has 0 unspecified atom stereocenters. The summed E-state index contributed by atoms with van der Waals surface area (Å²) in [7, 11) is 0. The van der Waals surface area contributed by atoms with Crippen LogP contribution in [0, 0.1) is 0 Å². The zero-order chi connectivity index (χ0) is 30.8. The van der Waals surface area contributed by atoms with Gasteiger partial charge >= 0.3 is 0 Å². The molecule has 0 spiro atoms. The Labute approximate surface area is 253 Å². The number of anilines is 1. The van der Waals surface area contributed by atoms with E-state index in [0.717, 1.165) is 24.9 Å². The number of hydrogen-bond donors (Lipinski definition) is 3. The van der Waals surface area contributed by atoms with Crippen molar-refractivity contribution in [3.8, 4) is 0 Å². The molecule has 0 aliphatic carbocycles. The number of ether oxygens (including phenoxy) is 3. The standard InChI is InChI=1S/C31H46N8O4/c1-30(2,3)21-10-8-20(9-11-21)16-23(40)34-13-15-38(14-7-6-12-32)17-22-25-26(43-31(4,5)42-25)29(41-22)39-19-37-24-27(33)35-18-36-28(24)39/h8-11,18-19,22,25-26,29H,6-7,12-17,32H2,1-5H3,(H,34,40)(H2,33,35,36)/t22-,25-,26-,29-/m1/s1. The first-order chi connectivity index (χ1) is 20.4. The molecule has 5 N–H and O–H groups in total. The van der Waals surface area contributed by atoms with Crippen LogP contribution in [0.15, 0.2) is 36.9 Å². The monoisotopic (exact) mass is 594 g/mol. The molecular formula is C31H46N8O4. The predicted octanol–water partition coefficient (Wildman–Crippen LogP) is 2.52. The van der Waals surface area contributed by atoms with Crippen molar-refractivity contribution >= 4 is 22.9 Å². The van der Waals surface area contributed by atoms with E-state index < -0.39 is 12.0 Å². The van der Waals surface area contributed by atoms with E-state index >= 15 is 0 Å². The number of carbonyl (C=O) groups excluding carboxylic acids is 1. The van der Waals surface area contributed by atoms with E-state index in [2.05, 4.69) is 58.1 Å². The van der Waals surface area contributed by atoms with E-state index in [1.165, 1.54) is 11.9 Å². The van der Waals surface area contributed by atoms with Gasteiger partial charge in [-0.05, 0) is 56.3 Å². The van der Waals surface area contributed by atoms with Crippen molar-refractivity contribution in [2.75, 3.05) is 38.5 Å². The number of aromatic nitrogens is 4. The average molecular weight is 595 g/mol. The third kappa shape index (κ3) is 7.32. The molecule has 1 amide bonds. The first-order valence-corrected chi connectivity index (χ1v) is 15.2. The van der Waals surface area contributed by atoms with Gasteiger partial charge < -0.3 is 31.0 Å². The van der Waals surface area contributed by atoms with Crippen LogP contribution >= 0.6 is 0 Å². The molecule has 3 aromatic rings. The summed E-state index contributed by atoms with van der Waals surface area (Å²) in [5.41, 5.74) is 15.3. The lowest BCUT2D eigenvalue weighted by Gasteiger charge is -2.29. The maximum atomic E-state index is 12.8. The molecule has 2 aliphatic heterocycles. The number of imidazole rings is 1. The number of nitrogens with two attached hydrogens (primary N) is 2. The molecule has 12 nitrogen and oxygen atoms in total. The van der Waals surface area contributed by atoms with Crippen LogP contribution in [-0.4, -0.2) is 87.1 Å². The van der Waals surface area contributed by atoms with Crippen molar-refractivity contribution in [1.82, 2.24) is 29.7 Å². The average Bonchev–Trinajstić information content (AvgIpc) is 3.60. The third-order valence-electron chi connectivity index (χ3n) is 8.09. The number of carbonyl (C=O) groups is 1. The first-order valence-electron chi connectivity index (χ1n) is 15.2. The Hall–Kier alpha value is -3.16. The fourth-order valence-corrected chi connectivity index (χ4v) is 5.84. The van der Waals surface area contributed by atoms with Gasteiger partial charge in [0, 0.05) is 19.6 Å². The quantitative estimate of drug-likeness (QED) is 0.266. The number of nitrogen functional groups attached to an aromatic ring is 1. The summed E-state index contributed by atoms with van der Waals surface area (Å²) in [5, 5.41) is 3.10. The van der Waals surface area contributed by atoms with E-state index in [1.54, 1.807) is 6.33 Å². The van der Waals surface area contributed by atoms with Crippen molar-refractivity contribution in [1.29, 1.82) is 0 Å². The lowest BCUT2D eigenvalue weighted by atomic mass is 9.86. The number of amides is 1. The molecule has 2 aromatic heterocycles. The molecule has 2 fully saturated rings. The van der Waals surface area contributed by atoms with Crippen molar-refractivity contribution in [2.45, 2.75) is 89.6 Å². The number of fused-ring (bicyclic) bond motifs is 2. The molecule has 0 radical (unpaired) electrons. The predicted molar refractivity (Wildman–Crippen MR) is 164 cm³/mol. The molecule has 1 aromatic carbocycles. The minimum Gasteiger partial charge on any atom is -0.382 e. The summed E-state index contributed by atoms with van der Waals surface area (Å²) in [5.74, 6) is -0.442. The fraction of sp³-hybridized carbons (Fsp3) is 0.613. The van der Waals surface area contributed by atoms with E-state index in [1.807, 2.05) is 30.5 Å². The van der Waals surface area contributed by atoms with Gasteiger partial charge in [-0.3, -0.25) is 14.3 Å². The SMILES string of the molecule is CC1(C)O[C@@H]2[C@H](O1)[C@@H](CN(CCCCN)CCNC(=O)Cc1ccc(C(C)(C)C)cc1)O[C@H]2n1cnc2c(N)ncnc21. The Morgan fingerprint density at radius 2 is 1.81 bits per heavy atom. The number of rotatable bonds is 12. The maximum absolute atomic E-state index is 12.8. The second kappa shape index (κ2) is 12.8. The van der Waals surface area contributed by atoms with Crippen LogP contribution in [0.5, 0.6) is 0 Å². The zero-order valence-corrected chi connectivity index (χ0v) is 26.0. The van der Waals surface area contributed by atoms with E-state index in [9.17, 15) is 4.79 Å². The molecule has 0 saturated carbocycles. The molecular weight excluding hydrogens is 548 g/mol. The molecule has 2 aliphatic rings. The normalized spacial score (nSPS) is 23.2. The fourth-order valence-electron chi connectivity index (χ4n) is 5.84. The summed E-state index contributed by atoms with van der Waals surface area (Å²) in [6, 6.07) is 8.29. The van der Waals surface area contributed by atoms with Crippen molar-refractivity contribution < 1.29 is 19.0 Å². The third-order valence-corrected chi connectivity index (χ3v) is 8.09. The number of hydrogen-bond acceptors (Lipinski definition) is 10. The van der Waals surface area contributed by atoms with Crippen LogP contribution < -0.4 is 16.8 Å². The van der Waals surface area contributed by atoms with Crippen molar-refractivity contribution in [3.05, 3.63) is 48.0 Å². The Morgan fingerprint density at radius 3 is 2.53 bits per heavy atom. The Kier molecular flexibility index (Phi) is 9.33. The molecule has 4 heterocycles. The molecule has 43 heavy (non-hydrogen) atoms. The van der Waals surface area contributed by atoms with Gasteiger partial charge in [-0.2, -0.15) is 0 Å². The maximum Gasteiger partial charge on any atom is 0.224 e. The Morgan fingerprint density at radius 1 is 1.07 bits per heavy atom. The Bertz CT molecular complexity index is 1390. The number of unbranched alkanes of at least 4 members (excludes halogenated alkanes) is 1. The lowest BCUT2D eigenvalue weighted by molar-refractivity contribution is -0.198. The van der Waals surface area contributed by atoms with E-state index in [0.29, 0.717) is 49.6 Å². The lowest BCUT2D eigenvalue weighted by Crippen LogP contribution is -2.43. The van der Waals surface area contributed by atoms with Crippen LogP contribution in [-0.2, 0) is 30.8 Å². The van der Waals surface area contributed by atoms with Gasteiger partial charge in [0.05, 0.1) is 12.7 Å². The summed E-state index contributed by atoms with van der Waals surface area (Å²) in [4.78, 5) is 28.0. The highest BCUT2D eigenvalue weighted by Gasteiger charge is 2.56. The van der Waals surface area contributed by atoms with Crippen molar-refractivity contribution in [3.63, 3.8) is 0 Å². The highest BCUT2D eigenvalue weighted by atomic mass is 16.8. The molecule has 5 rings (SSSR count). The van der Waals surface area contributed by atoms with Gasteiger partial charge in [0.15, 0.2) is 23.5 Å². The van der Waals surface area contributed by atoms with Crippen LogP contribution in [0.4, 0.5) is 5.82 Å². The van der Waals surface area contributed by atoms with Gasteiger partial charge in [-0.15, -0.1) is 0 Å². The smallest absolute Gasteiger partial charge is 0.224 e. The zero-order valence-electron chi connectivity index (χ0n) is 26.0. The highest BCUT2D eigenvalue weighted by molar-refractivity contribution is 5.81. The number of nitrogens with one attached hydrogen (secondary N) is 1. The van der Waals surface area contributed by atoms with Gasteiger partial charge in [0.2, 0.25) is 5.91 Å². The summed E-state index contributed by atoms with van der Waals surface area (Å²) >= 11 is 0. The topological polar surface area (TPSA) is 156 Å². The largest absolute Gasteiger partial charge is 0.382 e. The summed E-state index contributed by atoms with van der Waals surface area (Å²) in [6.07, 6.45) is 3.88. The minimum atomic E-state index is -0.760. The van der Waals surface area contributed by atoms with Gasteiger partial charge in [0.1, 0.15) is 30.2 Å². The van der Waals surface area contributed by atoms with Crippen molar-refractivity contribution in [2.24, 2.45) is 5.73 Å². The van der Waals surface area contributed by atoms with Crippen LogP contribution in [0.3, 0.4) is 0 Å². The second-order valence-electron chi connectivity index (χ2n) is 13.0. The van der Waals surface area contributed by atoms with E-state index in [-0.39, 0.29) is 29.6 Å². The first kappa shape index (κ1) is 31.3. The van der Waals surface area contributed by atoms with Crippen LogP contribution in [0.25, 0.3) is 11.2 Å². The minimum absolute atomic E-state index is 0.00480. The highest BCUT2D eigenvalue weighted by Crippen LogP contribution is 2.44. The van der Waals surface area contributed by atoms with Crippen LogP contribution in [0.1, 0.15) is 64.8 Å². The van der Waals surface area contributed by atoms with Gasteiger partial charge in [-0.25, -0.2) is 15.0 Å².